The van der Waals surface area contributed by atoms with Crippen LogP contribution in [0, 0.1) is 11.7 Å². The van der Waals surface area contributed by atoms with E-state index in [0.29, 0.717) is 15.2 Å². The number of hydrogen-bond acceptors (Lipinski definition) is 3. The predicted molar refractivity (Wildman–Crippen MR) is 93.0 cm³/mol. The second kappa shape index (κ2) is 6.09. The molecule has 2 aliphatic rings. The molecule has 1 aliphatic carbocycles. The summed E-state index contributed by atoms with van der Waals surface area (Å²) in [7, 11) is 0. The number of anilines is 1. The van der Waals surface area contributed by atoms with E-state index in [1.54, 1.807) is 11.8 Å². The monoisotopic (exact) mass is 390 g/mol. The highest BCUT2D eigenvalue weighted by molar-refractivity contribution is 9.10. The Kier molecular flexibility index (Phi) is 4.53. The van der Waals surface area contributed by atoms with Crippen LogP contribution >= 0.6 is 39.3 Å². The second-order valence-electron chi connectivity index (χ2n) is 5.98. The van der Waals surface area contributed by atoms with Crippen LogP contribution in [0.15, 0.2) is 21.6 Å². The molecule has 21 heavy (non-hydrogen) atoms. The third kappa shape index (κ3) is 3.40. The minimum atomic E-state index is -0.351. The zero-order valence-corrected chi connectivity index (χ0v) is 14.9. The van der Waals surface area contributed by atoms with Crippen molar-refractivity contribution in [2.24, 2.45) is 10.9 Å². The van der Waals surface area contributed by atoms with Crippen molar-refractivity contribution in [1.29, 1.82) is 0 Å². The van der Waals surface area contributed by atoms with Crippen molar-refractivity contribution in [3.63, 3.8) is 0 Å². The van der Waals surface area contributed by atoms with E-state index >= 15 is 0 Å². The molecule has 0 atom stereocenters. The second-order valence-corrected chi connectivity index (χ2v) is 8.21. The topological polar surface area (TPSA) is 24.4 Å². The van der Waals surface area contributed by atoms with E-state index < -0.39 is 0 Å². The molecular formula is C15H17BrClFN2S. The van der Waals surface area contributed by atoms with Gasteiger partial charge in [0.1, 0.15) is 5.82 Å². The van der Waals surface area contributed by atoms with Gasteiger partial charge in [0.25, 0.3) is 0 Å². The molecule has 6 heteroatoms. The molecule has 1 spiro atoms. The van der Waals surface area contributed by atoms with Crippen LogP contribution in [0.25, 0.3) is 0 Å². The summed E-state index contributed by atoms with van der Waals surface area (Å²) in [6, 6.07) is 2.72. The van der Waals surface area contributed by atoms with Crippen LogP contribution in [0.5, 0.6) is 0 Å². The summed E-state index contributed by atoms with van der Waals surface area (Å²) in [5, 5.41) is 4.51. The first kappa shape index (κ1) is 15.6. The molecule has 0 bridgehead atoms. The van der Waals surface area contributed by atoms with Gasteiger partial charge in [-0.05, 0) is 59.7 Å². The molecule has 3 rings (SSSR count). The van der Waals surface area contributed by atoms with Crippen LogP contribution in [0.2, 0.25) is 5.02 Å². The zero-order chi connectivity index (χ0) is 15.0. The average molecular weight is 392 g/mol. The van der Waals surface area contributed by atoms with Crippen LogP contribution in [0.4, 0.5) is 10.1 Å². The summed E-state index contributed by atoms with van der Waals surface area (Å²) in [6.45, 7) is 2.31. The Balaban J connectivity index is 1.77. The number of halogens is 3. The van der Waals surface area contributed by atoms with E-state index in [0.717, 1.165) is 29.7 Å². The summed E-state index contributed by atoms with van der Waals surface area (Å²) in [4.78, 5) is 4.91. The summed E-state index contributed by atoms with van der Waals surface area (Å²) in [5.74, 6) is 1.49. The van der Waals surface area contributed by atoms with Crippen LogP contribution in [-0.2, 0) is 0 Å². The van der Waals surface area contributed by atoms with E-state index in [1.807, 2.05) is 0 Å². The highest BCUT2D eigenvalue weighted by atomic mass is 79.9. The van der Waals surface area contributed by atoms with Gasteiger partial charge >= 0.3 is 0 Å². The third-order valence-electron chi connectivity index (χ3n) is 4.26. The number of benzene rings is 1. The van der Waals surface area contributed by atoms with Gasteiger partial charge in [0.05, 0.1) is 16.2 Å². The zero-order valence-electron chi connectivity index (χ0n) is 11.8. The molecule has 0 amide bonds. The van der Waals surface area contributed by atoms with Gasteiger partial charge in [0.15, 0.2) is 5.17 Å². The van der Waals surface area contributed by atoms with E-state index in [-0.39, 0.29) is 11.4 Å². The minimum Gasteiger partial charge on any atom is -0.333 e. The van der Waals surface area contributed by atoms with Gasteiger partial charge in [0, 0.05) is 10.2 Å². The van der Waals surface area contributed by atoms with Crippen molar-refractivity contribution in [2.75, 3.05) is 11.1 Å². The van der Waals surface area contributed by atoms with Crippen molar-refractivity contribution in [1.82, 2.24) is 0 Å². The molecular weight excluding hydrogens is 375 g/mol. The van der Waals surface area contributed by atoms with Crippen LogP contribution in [-0.4, -0.2) is 16.5 Å². The number of amidine groups is 1. The van der Waals surface area contributed by atoms with Crippen molar-refractivity contribution < 1.29 is 4.39 Å². The van der Waals surface area contributed by atoms with Gasteiger partial charge in [-0.1, -0.05) is 30.3 Å². The van der Waals surface area contributed by atoms with E-state index in [9.17, 15) is 4.39 Å². The molecule has 1 aromatic carbocycles. The number of rotatable bonds is 1. The number of thioether (sulfide) groups is 1. The lowest BCUT2D eigenvalue weighted by atomic mass is 9.79. The predicted octanol–water partition coefficient (Wildman–Crippen LogP) is 5.71. The first-order chi connectivity index (χ1) is 9.97. The lowest BCUT2D eigenvalue weighted by Crippen LogP contribution is -2.32. The highest BCUT2D eigenvalue weighted by Crippen LogP contribution is 2.42. The summed E-state index contributed by atoms with van der Waals surface area (Å²) < 4.78 is 13.9. The molecule has 114 valence electrons. The molecule has 0 aromatic heterocycles. The number of hydrogen-bond donors (Lipinski definition) is 1. The Morgan fingerprint density at radius 2 is 2.14 bits per heavy atom. The SMILES string of the molecule is CC1CCC2(CC1)CSC(Nc1c(Cl)cc(F)cc1Br)=N2. The fourth-order valence-electron chi connectivity index (χ4n) is 2.87. The van der Waals surface area contributed by atoms with E-state index in [2.05, 4.69) is 28.2 Å². The quantitative estimate of drug-likeness (QED) is 0.663. The largest absolute Gasteiger partial charge is 0.333 e. The maximum atomic E-state index is 13.3. The number of nitrogens with one attached hydrogen (secondary N) is 1. The van der Waals surface area contributed by atoms with Gasteiger partial charge < -0.3 is 5.32 Å². The first-order valence-electron chi connectivity index (χ1n) is 7.12. The van der Waals surface area contributed by atoms with Crippen LogP contribution in [0.1, 0.15) is 32.6 Å². The molecule has 1 N–H and O–H groups in total. The summed E-state index contributed by atoms with van der Waals surface area (Å²) in [5.41, 5.74) is 0.781. The number of nitrogens with zero attached hydrogens (tertiary/aromatic N) is 1. The molecule has 1 saturated carbocycles. The molecule has 1 aromatic rings. The molecule has 1 aliphatic heterocycles. The summed E-state index contributed by atoms with van der Waals surface area (Å²) in [6.07, 6.45) is 4.81. The molecule has 0 unspecified atom stereocenters. The Morgan fingerprint density at radius 3 is 2.81 bits per heavy atom. The van der Waals surface area contributed by atoms with Crippen molar-refractivity contribution in [3.8, 4) is 0 Å². The molecule has 0 saturated heterocycles. The Hall–Kier alpha value is -0.260. The average Bonchev–Trinajstić information content (AvgIpc) is 2.81. The maximum Gasteiger partial charge on any atom is 0.161 e. The lowest BCUT2D eigenvalue weighted by molar-refractivity contribution is 0.273. The molecule has 1 heterocycles. The molecule has 2 nitrogen and oxygen atoms in total. The minimum absolute atomic E-state index is 0.0957. The van der Waals surface area contributed by atoms with E-state index in [1.165, 1.54) is 25.0 Å². The van der Waals surface area contributed by atoms with Crippen molar-refractivity contribution in [3.05, 3.63) is 27.4 Å². The smallest absolute Gasteiger partial charge is 0.161 e. The Labute approximate surface area is 142 Å². The van der Waals surface area contributed by atoms with Gasteiger partial charge in [-0.2, -0.15) is 0 Å². The highest BCUT2D eigenvalue weighted by Gasteiger charge is 2.38. The summed E-state index contributed by atoms with van der Waals surface area (Å²) >= 11 is 11.2. The third-order valence-corrected chi connectivity index (χ3v) is 6.33. The van der Waals surface area contributed by atoms with E-state index in [4.69, 9.17) is 16.6 Å². The number of aliphatic imine (C=N–C) groups is 1. The van der Waals surface area contributed by atoms with Gasteiger partial charge in [-0.3, -0.25) is 4.99 Å². The Bertz CT molecular complexity index is 562. The Morgan fingerprint density at radius 1 is 1.43 bits per heavy atom. The van der Waals surface area contributed by atoms with Crippen LogP contribution in [0.3, 0.4) is 0 Å². The van der Waals surface area contributed by atoms with Crippen molar-refractivity contribution in [2.45, 2.75) is 38.1 Å². The standard InChI is InChI=1S/C15H17BrClFN2S/c1-9-2-4-15(5-3-9)8-21-14(20-15)19-13-11(16)6-10(18)7-12(13)17/h6-7,9H,2-5,8H2,1H3,(H,19,20). The maximum absolute atomic E-state index is 13.3. The first-order valence-corrected chi connectivity index (χ1v) is 9.27. The van der Waals surface area contributed by atoms with Gasteiger partial charge in [0.2, 0.25) is 0 Å². The fraction of sp³-hybridized carbons (Fsp3) is 0.533. The molecule has 1 fully saturated rings. The molecule has 0 radical (unpaired) electrons. The van der Waals surface area contributed by atoms with Crippen LogP contribution < -0.4 is 5.32 Å². The fourth-order valence-corrected chi connectivity index (χ4v) is 4.96. The normalized spacial score (nSPS) is 28.8. The lowest BCUT2D eigenvalue weighted by Gasteiger charge is -2.32. The van der Waals surface area contributed by atoms with Gasteiger partial charge in [-0.25, -0.2) is 4.39 Å². The van der Waals surface area contributed by atoms with Crippen molar-refractivity contribution >= 4 is 50.1 Å². The van der Waals surface area contributed by atoms with Gasteiger partial charge in [-0.15, -0.1) is 0 Å².